The van der Waals surface area contributed by atoms with Gasteiger partial charge < -0.3 is 34.4 Å². The number of nitrogens with one attached hydrogen (secondary N) is 1. The molecule has 45 heavy (non-hydrogen) atoms. The summed E-state index contributed by atoms with van der Waals surface area (Å²) >= 11 is 12.1. The van der Waals surface area contributed by atoms with Gasteiger partial charge in [0, 0.05) is 24.0 Å². The van der Waals surface area contributed by atoms with E-state index in [1.165, 1.54) is 0 Å². The number of ether oxygens (including phenoxy) is 1. The highest BCUT2D eigenvalue weighted by atomic mass is 35.5. The molecule has 3 N–H and O–H groups in total. The minimum absolute atomic E-state index is 0.0368. The lowest BCUT2D eigenvalue weighted by atomic mass is 9.78. The maximum absolute atomic E-state index is 14.8. The second-order valence-electron chi connectivity index (χ2n) is 14.1. The van der Waals surface area contributed by atoms with Crippen LogP contribution in [0.25, 0.3) is 0 Å². The summed E-state index contributed by atoms with van der Waals surface area (Å²) in [7, 11) is -1.60. The normalized spacial score (nSPS) is 19.6. The van der Waals surface area contributed by atoms with Gasteiger partial charge in [0.05, 0.1) is 32.4 Å². The van der Waals surface area contributed by atoms with Crippen molar-refractivity contribution in [1.82, 2.24) is 5.32 Å². The van der Waals surface area contributed by atoms with Crippen LogP contribution in [0.4, 0.5) is 13.6 Å². The number of benzene rings is 2. The van der Waals surface area contributed by atoms with Gasteiger partial charge in [0.1, 0.15) is 17.2 Å². The van der Waals surface area contributed by atoms with Crippen LogP contribution in [-0.2, 0) is 36.4 Å². The van der Waals surface area contributed by atoms with E-state index in [0.29, 0.717) is 16.6 Å². The van der Waals surface area contributed by atoms with E-state index in [1.807, 2.05) is 55.4 Å². The first-order valence-corrected chi connectivity index (χ1v) is 15.5. The van der Waals surface area contributed by atoms with E-state index >= 15 is 0 Å². The molecule has 2 saturated heterocycles. The standard InChI is InChI=1S/C18H26BClFNO4.C13H18BClFNO2/c1-16(2,3)24-15(23)22-10-11-8-9-12(14(21)13(11)20)19-25-17(4,5)18(6,7)26-19;1-12(2)13(3,4)19-14(18-12)9-6-5-8(7-17)10(15)11(9)16/h8-9H,10H2,1-7H3,(H,22,23);5-6H,7,17H2,1-4H3. The average molecular weight is 671 g/mol. The van der Waals surface area contributed by atoms with Gasteiger partial charge in [-0.1, -0.05) is 47.5 Å². The van der Waals surface area contributed by atoms with Crippen LogP contribution < -0.4 is 22.0 Å². The highest BCUT2D eigenvalue weighted by Gasteiger charge is 2.53. The van der Waals surface area contributed by atoms with Crippen LogP contribution in [0.1, 0.15) is 87.3 Å². The maximum atomic E-state index is 14.8. The zero-order chi connectivity index (χ0) is 34.3. The quantitative estimate of drug-likeness (QED) is 0.374. The molecule has 2 fully saturated rings. The van der Waals surface area contributed by atoms with Gasteiger partial charge in [-0.15, -0.1) is 0 Å². The van der Waals surface area contributed by atoms with Crippen LogP contribution in [0, 0.1) is 11.6 Å². The molecule has 2 aliphatic rings. The Labute approximate surface area is 276 Å². The number of hydrogen-bond acceptors (Lipinski definition) is 7. The van der Waals surface area contributed by atoms with Gasteiger partial charge in [-0.3, -0.25) is 0 Å². The number of hydrogen-bond donors (Lipinski definition) is 2. The van der Waals surface area contributed by atoms with Crippen molar-refractivity contribution in [3.8, 4) is 0 Å². The molecule has 2 aromatic rings. The van der Waals surface area contributed by atoms with Gasteiger partial charge in [-0.2, -0.15) is 0 Å². The van der Waals surface area contributed by atoms with Crippen molar-refractivity contribution < 1.29 is 36.9 Å². The van der Waals surface area contributed by atoms with Crippen molar-refractivity contribution in [3.05, 3.63) is 57.1 Å². The van der Waals surface area contributed by atoms with Crippen LogP contribution in [0.5, 0.6) is 0 Å². The second kappa shape index (κ2) is 13.3. The predicted molar refractivity (Wildman–Crippen MR) is 175 cm³/mol. The minimum Gasteiger partial charge on any atom is -0.444 e. The van der Waals surface area contributed by atoms with Gasteiger partial charge in [-0.05, 0) is 87.3 Å². The first kappa shape index (κ1) is 37.5. The summed E-state index contributed by atoms with van der Waals surface area (Å²) in [5.41, 5.74) is 4.26. The molecule has 0 bridgehead atoms. The van der Waals surface area contributed by atoms with Gasteiger partial charge >= 0.3 is 20.3 Å². The van der Waals surface area contributed by atoms with Crippen LogP contribution in [-0.4, -0.2) is 48.3 Å². The Morgan fingerprint density at radius 3 is 1.49 bits per heavy atom. The average Bonchev–Trinajstić information content (AvgIpc) is 3.24. The van der Waals surface area contributed by atoms with Crippen molar-refractivity contribution in [2.45, 2.75) is 117 Å². The summed E-state index contributed by atoms with van der Waals surface area (Å²) in [5, 5.41) is 2.53. The zero-order valence-corrected chi connectivity index (χ0v) is 29.4. The van der Waals surface area contributed by atoms with E-state index in [1.54, 1.807) is 45.0 Å². The zero-order valence-electron chi connectivity index (χ0n) is 27.9. The number of carbonyl (C=O) groups is 1. The Morgan fingerprint density at radius 1 is 0.778 bits per heavy atom. The monoisotopic (exact) mass is 670 g/mol. The number of amides is 1. The molecule has 0 aromatic heterocycles. The molecular weight excluding hydrogens is 627 g/mol. The summed E-state index contributed by atoms with van der Waals surface area (Å²) in [6.45, 7) is 20.8. The number of rotatable bonds is 5. The number of nitrogens with two attached hydrogens (primary N) is 1. The van der Waals surface area contributed by atoms with Gasteiger partial charge in [0.25, 0.3) is 0 Å². The fraction of sp³-hybridized carbons (Fsp3) is 0.581. The molecule has 0 atom stereocenters. The number of alkyl carbamates (subject to hydrolysis) is 1. The van der Waals surface area contributed by atoms with Crippen LogP contribution in [0.15, 0.2) is 24.3 Å². The predicted octanol–water partition coefficient (Wildman–Crippen LogP) is 6.04. The summed E-state index contributed by atoms with van der Waals surface area (Å²) in [6.07, 6.45) is -0.594. The fourth-order valence-electron chi connectivity index (χ4n) is 4.29. The molecule has 248 valence electrons. The van der Waals surface area contributed by atoms with Crippen molar-refractivity contribution in [3.63, 3.8) is 0 Å². The Hall–Kier alpha value is -1.92. The smallest absolute Gasteiger partial charge is 0.444 e. The Kier molecular flexibility index (Phi) is 11.1. The topological polar surface area (TPSA) is 101 Å². The molecule has 2 aromatic carbocycles. The summed E-state index contributed by atoms with van der Waals surface area (Å²) in [4.78, 5) is 11.7. The van der Waals surface area contributed by atoms with Gasteiger partial charge in [-0.25, -0.2) is 13.6 Å². The Balaban J connectivity index is 0.000000257. The lowest BCUT2D eigenvalue weighted by Crippen LogP contribution is -2.41. The summed E-state index contributed by atoms with van der Waals surface area (Å²) < 4.78 is 57.5. The van der Waals surface area contributed by atoms with Gasteiger partial charge in [0.15, 0.2) is 0 Å². The molecule has 2 aliphatic heterocycles. The lowest BCUT2D eigenvalue weighted by molar-refractivity contribution is 0.00578. The van der Waals surface area contributed by atoms with Crippen LogP contribution >= 0.6 is 23.2 Å². The second-order valence-corrected chi connectivity index (χ2v) is 14.9. The molecule has 14 heteroatoms. The molecular formula is C31H44B2Cl2F2N2O6. The van der Waals surface area contributed by atoms with Crippen LogP contribution in [0.3, 0.4) is 0 Å². The molecule has 0 radical (unpaired) electrons. The maximum Gasteiger partial charge on any atom is 0.497 e. The molecule has 0 unspecified atom stereocenters. The number of carbonyl (C=O) groups excluding carboxylic acids is 1. The number of halogens is 4. The third-order valence-corrected chi connectivity index (χ3v) is 9.26. The molecule has 4 rings (SSSR count). The Morgan fingerprint density at radius 2 is 1.13 bits per heavy atom. The summed E-state index contributed by atoms with van der Waals surface area (Å²) in [5.74, 6) is -1.14. The molecule has 0 saturated carbocycles. The van der Waals surface area contributed by atoms with E-state index in [2.05, 4.69) is 5.32 Å². The molecule has 1 amide bonds. The summed E-state index contributed by atoms with van der Waals surface area (Å²) in [6, 6.07) is 6.52. The van der Waals surface area contributed by atoms with Crippen molar-refractivity contribution in [2.75, 3.05) is 0 Å². The van der Waals surface area contributed by atoms with Crippen molar-refractivity contribution >= 4 is 54.5 Å². The Bertz CT molecular complexity index is 1390. The van der Waals surface area contributed by atoms with E-state index in [-0.39, 0.29) is 28.6 Å². The lowest BCUT2D eigenvalue weighted by Gasteiger charge is -2.32. The largest absolute Gasteiger partial charge is 0.497 e. The van der Waals surface area contributed by atoms with E-state index in [0.717, 1.165) is 0 Å². The van der Waals surface area contributed by atoms with Crippen LogP contribution in [0.2, 0.25) is 10.0 Å². The fourth-order valence-corrected chi connectivity index (χ4v) is 4.78. The SMILES string of the molecule is CC(C)(C)OC(=O)NCc1ccc(B2OC(C)(C)C(C)(C)O2)c(F)c1Cl.CC1(C)OB(c2ccc(CN)c(Cl)c2F)OC1(C)C. The highest BCUT2D eigenvalue weighted by Crippen LogP contribution is 2.38. The molecule has 0 spiro atoms. The minimum atomic E-state index is -0.842. The molecule has 0 aliphatic carbocycles. The van der Waals surface area contributed by atoms with Crippen molar-refractivity contribution in [1.29, 1.82) is 0 Å². The third kappa shape index (κ3) is 8.33. The third-order valence-electron chi connectivity index (χ3n) is 8.44. The molecule has 8 nitrogen and oxygen atoms in total. The van der Waals surface area contributed by atoms with Crippen molar-refractivity contribution in [2.24, 2.45) is 5.73 Å². The van der Waals surface area contributed by atoms with E-state index < -0.39 is 60.0 Å². The first-order valence-electron chi connectivity index (χ1n) is 14.7. The van der Waals surface area contributed by atoms with Gasteiger partial charge in [0.2, 0.25) is 0 Å². The first-order chi connectivity index (χ1) is 20.4. The van der Waals surface area contributed by atoms with E-state index in [4.69, 9.17) is 52.3 Å². The molecule has 2 heterocycles. The highest BCUT2D eigenvalue weighted by molar-refractivity contribution is 6.63. The van der Waals surface area contributed by atoms with E-state index in [9.17, 15) is 13.6 Å².